The number of methoxy groups -OCH3 is 1. The van der Waals surface area contributed by atoms with E-state index in [1.165, 1.54) is 6.33 Å². The molecule has 0 atom stereocenters. The minimum absolute atomic E-state index is 0.231. The van der Waals surface area contributed by atoms with Gasteiger partial charge in [-0.3, -0.25) is 4.79 Å². The van der Waals surface area contributed by atoms with Gasteiger partial charge in [-0.25, -0.2) is 9.97 Å². The molecule has 1 aromatic heterocycles. The van der Waals surface area contributed by atoms with Crippen LogP contribution in [0.25, 0.3) is 0 Å². The highest BCUT2D eigenvalue weighted by Gasteiger charge is 2.13. The third-order valence-corrected chi connectivity index (χ3v) is 3.95. The summed E-state index contributed by atoms with van der Waals surface area (Å²) in [4.78, 5) is 20.9. The second kappa shape index (κ2) is 8.85. The molecular formula is C21H22N4O3. The summed E-state index contributed by atoms with van der Waals surface area (Å²) in [7, 11) is 1.56. The van der Waals surface area contributed by atoms with Crippen LogP contribution in [0.5, 0.6) is 11.5 Å². The van der Waals surface area contributed by atoms with Gasteiger partial charge in [0.25, 0.3) is 5.91 Å². The third-order valence-electron chi connectivity index (χ3n) is 3.95. The summed E-state index contributed by atoms with van der Waals surface area (Å²) in [5.74, 6) is 1.42. The van der Waals surface area contributed by atoms with Crippen LogP contribution < -0.4 is 20.1 Å². The maximum atomic E-state index is 12.7. The number of carbonyl (C=O) groups is 1. The zero-order valence-corrected chi connectivity index (χ0v) is 16.0. The molecule has 28 heavy (non-hydrogen) atoms. The Morgan fingerprint density at radius 1 is 1.04 bits per heavy atom. The molecule has 2 aromatic carbocycles. The lowest BCUT2D eigenvalue weighted by molar-refractivity contribution is 0.102. The molecule has 1 amide bonds. The fourth-order valence-electron chi connectivity index (χ4n) is 2.64. The van der Waals surface area contributed by atoms with Crippen LogP contribution in [0.3, 0.4) is 0 Å². The first-order chi connectivity index (χ1) is 13.6. The topological polar surface area (TPSA) is 85.4 Å². The lowest BCUT2D eigenvalue weighted by Gasteiger charge is -2.13. The van der Waals surface area contributed by atoms with Crippen LogP contribution in [0.4, 0.5) is 17.2 Å². The van der Waals surface area contributed by atoms with Crippen molar-refractivity contribution in [3.8, 4) is 11.5 Å². The summed E-state index contributed by atoms with van der Waals surface area (Å²) in [6.45, 7) is 4.41. The Hall–Kier alpha value is -3.61. The molecule has 3 aromatic rings. The van der Waals surface area contributed by atoms with Crippen LogP contribution in [0.1, 0.15) is 23.0 Å². The van der Waals surface area contributed by atoms with Crippen molar-refractivity contribution in [1.82, 2.24) is 9.97 Å². The van der Waals surface area contributed by atoms with E-state index in [9.17, 15) is 4.79 Å². The standard InChI is InChI=1S/C21H22N4O3/c1-4-28-19-8-6-5-7-15(19)24-20-12-17(22-13-23-20)21(26)25-16-11-14(2)9-10-18(16)27-3/h5-13H,4H2,1-3H3,(H,25,26)(H,22,23,24). The van der Waals surface area contributed by atoms with E-state index in [0.29, 0.717) is 29.6 Å². The zero-order chi connectivity index (χ0) is 19.9. The van der Waals surface area contributed by atoms with Crippen molar-refractivity contribution < 1.29 is 14.3 Å². The van der Waals surface area contributed by atoms with Crippen molar-refractivity contribution in [2.75, 3.05) is 24.4 Å². The molecule has 0 fully saturated rings. The number of aromatic nitrogens is 2. The summed E-state index contributed by atoms with van der Waals surface area (Å²) in [6.07, 6.45) is 1.34. The van der Waals surface area contributed by atoms with Crippen LogP contribution in [0.15, 0.2) is 54.9 Å². The Bertz CT molecular complexity index is 975. The Labute approximate surface area is 163 Å². The number of ether oxygens (including phenoxy) is 2. The average Bonchev–Trinajstić information content (AvgIpc) is 2.70. The van der Waals surface area contributed by atoms with Gasteiger partial charge in [-0.05, 0) is 43.7 Å². The first kappa shape index (κ1) is 19.2. The number of nitrogens with zero attached hydrogens (tertiary/aromatic N) is 2. The molecule has 0 radical (unpaired) electrons. The minimum Gasteiger partial charge on any atom is -0.495 e. The van der Waals surface area contributed by atoms with E-state index in [2.05, 4.69) is 20.6 Å². The van der Waals surface area contributed by atoms with Gasteiger partial charge in [-0.2, -0.15) is 0 Å². The second-order valence-electron chi connectivity index (χ2n) is 6.00. The van der Waals surface area contributed by atoms with Crippen LogP contribution >= 0.6 is 0 Å². The zero-order valence-electron chi connectivity index (χ0n) is 16.0. The predicted octanol–water partition coefficient (Wildman–Crippen LogP) is 4.19. The fourth-order valence-corrected chi connectivity index (χ4v) is 2.64. The van der Waals surface area contributed by atoms with E-state index in [1.807, 2.05) is 56.3 Å². The Balaban J connectivity index is 1.80. The molecule has 0 unspecified atom stereocenters. The quantitative estimate of drug-likeness (QED) is 0.641. The highest BCUT2D eigenvalue weighted by atomic mass is 16.5. The van der Waals surface area contributed by atoms with Gasteiger partial charge in [0.1, 0.15) is 29.3 Å². The number of hydrogen-bond donors (Lipinski definition) is 2. The molecule has 7 heteroatoms. The van der Waals surface area contributed by atoms with Crippen molar-refractivity contribution in [2.45, 2.75) is 13.8 Å². The van der Waals surface area contributed by atoms with Crippen LogP contribution in [-0.2, 0) is 0 Å². The summed E-state index contributed by atoms with van der Waals surface area (Å²) in [5.41, 5.74) is 2.58. The summed E-state index contributed by atoms with van der Waals surface area (Å²) >= 11 is 0. The number of anilines is 3. The van der Waals surface area contributed by atoms with Crippen LogP contribution in [0, 0.1) is 6.92 Å². The number of benzene rings is 2. The van der Waals surface area contributed by atoms with Crippen molar-refractivity contribution in [3.05, 3.63) is 66.1 Å². The summed E-state index contributed by atoms with van der Waals surface area (Å²) in [6, 6.07) is 14.7. The molecule has 0 aliphatic carbocycles. The maximum Gasteiger partial charge on any atom is 0.274 e. The highest BCUT2D eigenvalue weighted by Crippen LogP contribution is 2.28. The molecule has 144 valence electrons. The normalized spacial score (nSPS) is 10.2. The van der Waals surface area contributed by atoms with Gasteiger partial charge < -0.3 is 20.1 Å². The van der Waals surface area contributed by atoms with E-state index in [1.54, 1.807) is 13.2 Å². The SMILES string of the molecule is CCOc1ccccc1Nc1cc(C(=O)Nc2cc(C)ccc2OC)ncn1. The lowest BCUT2D eigenvalue weighted by atomic mass is 10.2. The van der Waals surface area contributed by atoms with Crippen LogP contribution in [-0.4, -0.2) is 29.6 Å². The van der Waals surface area contributed by atoms with E-state index in [4.69, 9.17) is 9.47 Å². The van der Waals surface area contributed by atoms with Crippen LogP contribution in [0.2, 0.25) is 0 Å². The van der Waals surface area contributed by atoms with Gasteiger partial charge >= 0.3 is 0 Å². The van der Waals surface area contributed by atoms with Gasteiger partial charge in [0.15, 0.2) is 0 Å². The second-order valence-corrected chi connectivity index (χ2v) is 6.00. The van der Waals surface area contributed by atoms with E-state index < -0.39 is 0 Å². The Morgan fingerprint density at radius 3 is 2.64 bits per heavy atom. The lowest BCUT2D eigenvalue weighted by Crippen LogP contribution is -2.15. The molecule has 1 heterocycles. The van der Waals surface area contributed by atoms with Gasteiger partial charge in [0, 0.05) is 6.07 Å². The predicted molar refractivity (Wildman–Crippen MR) is 109 cm³/mol. The molecule has 7 nitrogen and oxygen atoms in total. The maximum absolute atomic E-state index is 12.7. The van der Waals surface area contributed by atoms with Crippen molar-refractivity contribution in [1.29, 1.82) is 0 Å². The number of para-hydroxylation sites is 2. The summed E-state index contributed by atoms with van der Waals surface area (Å²) in [5, 5.41) is 6.00. The number of aryl methyl sites for hydroxylation is 1. The van der Waals surface area contributed by atoms with E-state index >= 15 is 0 Å². The number of hydrogen-bond acceptors (Lipinski definition) is 6. The van der Waals surface area contributed by atoms with Gasteiger partial charge in [-0.15, -0.1) is 0 Å². The van der Waals surface area contributed by atoms with E-state index in [-0.39, 0.29) is 11.6 Å². The molecule has 0 saturated heterocycles. The highest BCUT2D eigenvalue weighted by molar-refractivity contribution is 6.04. The molecule has 0 aliphatic heterocycles. The average molecular weight is 378 g/mol. The first-order valence-corrected chi connectivity index (χ1v) is 8.87. The minimum atomic E-state index is -0.354. The molecule has 0 spiro atoms. The van der Waals surface area contributed by atoms with Gasteiger partial charge in [0.05, 0.1) is 25.1 Å². The Kier molecular flexibility index (Phi) is 6.06. The molecule has 0 aliphatic rings. The van der Waals surface area contributed by atoms with Crippen molar-refractivity contribution >= 4 is 23.1 Å². The molecule has 0 bridgehead atoms. The molecule has 3 rings (SSSR count). The number of rotatable bonds is 7. The summed E-state index contributed by atoms with van der Waals surface area (Å²) < 4.78 is 10.9. The smallest absolute Gasteiger partial charge is 0.274 e. The number of carbonyl (C=O) groups excluding carboxylic acids is 1. The molecule has 0 saturated carbocycles. The molecule has 2 N–H and O–H groups in total. The van der Waals surface area contributed by atoms with Crippen molar-refractivity contribution in [2.24, 2.45) is 0 Å². The fraction of sp³-hybridized carbons (Fsp3) is 0.190. The first-order valence-electron chi connectivity index (χ1n) is 8.87. The Morgan fingerprint density at radius 2 is 1.86 bits per heavy atom. The van der Waals surface area contributed by atoms with E-state index in [0.717, 1.165) is 11.3 Å². The molecular weight excluding hydrogens is 356 g/mol. The van der Waals surface area contributed by atoms with Crippen molar-refractivity contribution in [3.63, 3.8) is 0 Å². The number of nitrogens with one attached hydrogen (secondary N) is 2. The van der Waals surface area contributed by atoms with Gasteiger partial charge in [0.2, 0.25) is 0 Å². The number of amides is 1. The monoisotopic (exact) mass is 378 g/mol. The van der Waals surface area contributed by atoms with Gasteiger partial charge in [-0.1, -0.05) is 18.2 Å². The largest absolute Gasteiger partial charge is 0.495 e. The third kappa shape index (κ3) is 4.56.